The van der Waals surface area contributed by atoms with E-state index in [9.17, 15) is 5.26 Å². The largest absolute Gasteiger partial charge is 0.461 e. The number of fused-ring (bicyclic) bond motifs is 6. The number of nitrogens with two attached hydrogens (primary N) is 1. The first-order chi connectivity index (χ1) is 17.6. The van der Waals surface area contributed by atoms with Crippen LogP contribution in [0.15, 0.2) is 89.3 Å². The molecular formula is C32H25N3O. The first-order valence-corrected chi connectivity index (χ1v) is 12.5. The predicted octanol–water partition coefficient (Wildman–Crippen LogP) is 7.50. The zero-order chi connectivity index (χ0) is 24.4. The molecule has 0 saturated carbocycles. The number of hydrogen-bond donors (Lipinski definition) is 1. The quantitative estimate of drug-likeness (QED) is 0.268. The third-order valence-electron chi connectivity index (χ3n) is 7.91. The van der Waals surface area contributed by atoms with Crippen molar-refractivity contribution in [2.45, 2.75) is 25.7 Å². The summed E-state index contributed by atoms with van der Waals surface area (Å²) in [5, 5.41) is 13.8. The zero-order valence-electron chi connectivity index (χ0n) is 20.0. The Morgan fingerprint density at radius 1 is 0.861 bits per heavy atom. The van der Waals surface area contributed by atoms with Crippen LogP contribution >= 0.6 is 0 Å². The summed E-state index contributed by atoms with van der Waals surface area (Å²) in [6.07, 6.45) is 1.65. The van der Waals surface area contributed by atoms with Crippen molar-refractivity contribution in [2.24, 2.45) is 5.92 Å². The molecule has 4 nitrogen and oxygen atoms in total. The second kappa shape index (κ2) is 7.76. The molecule has 6 aromatic rings. The number of para-hydroxylation sites is 2. The molecule has 174 valence electrons. The number of anilines is 1. The Labute approximate surface area is 209 Å². The minimum atomic E-state index is 0.172. The SMILES string of the molecule is CC1Cc2oc3ccc(N)cc3c2CC1c1c(C#N)cccc1-n1c2ccccc2c2ccccc21. The van der Waals surface area contributed by atoms with Gasteiger partial charge in [-0.2, -0.15) is 5.26 Å². The number of furan rings is 1. The summed E-state index contributed by atoms with van der Waals surface area (Å²) < 4.78 is 8.59. The average molecular weight is 468 g/mol. The normalized spacial score (nSPS) is 17.4. The van der Waals surface area contributed by atoms with Gasteiger partial charge in [-0.25, -0.2) is 0 Å². The van der Waals surface area contributed by atoms with E-state index >= 15 is 0 Å². The standard InChI is InChI=1S/C32H25N3O/c1-19-15-31-26(25-16-21(34)13-14-30(25)36-31)17-24(19)32-20(18-33)7-6-12-29(32)35-27-10-4-2-8-22(27)23-9-3-5-11-28(23)35/h2-14,16,19,24H,15,17,34H2,1H3. The maximum atomic E-state index is 10.3. The molecule has 0 bridgehead atoms. The molecule has 2 atom stereocenters. The Kier molecular flexibility index (Phi) is 4.49. The van der Waals surface area contributed by atoms with Crippen molar-refractivity contribution in [1.82, 2.24) is 4.57 Å². The van der Waals surface area contributed by atoms with Gasteiger partial charge in [0.25, 0.3) is 0 Å². The van der Waals surface area contributed by atoms with Gasteiger partial charge in [0, 0.05) is 33.8 Å². The smallest absolute Gasteiger partial charge is 0.134 e. The number of nitrogens with zero attached hydrogens (tertiary/aromatic N) is 2. The van der Waals surface area contributed by atoms with Crippen LogP contribution in [0.4, 0.5) is 5.69 Å². The predicted molar refractivity (Wildman–Crippen MR) is 145 cm³/mol. The molecule has 2 aromatic heterocycles. The molecule has 4 heteroatoms. The summed E-state index contributed by atoms with van der Waals surface area (Å²) in [4.78, 5) is 0. The second-order valence-electron chi connectivity index (χ2n) is 9.97. The van der Waals surface area contributed by atoms with E-state index in [0.717, 1.165) is 63.1 Å². The molecule has 1 aliphatic carbocycles. The van der Waals surface area contributed by atoms with Crippen LogP contribution in [0.1, 0.15) is 35.3 Å². The van der Waals surface area contributed by atoms with E-state index < -0.39 is 0 Å². The number of hydrogen-bond acceptors (Lipinski definition) is 3. The Balaban J connectivity index is 1.49. The minimum absolute atomic E-state index is 0.172. The van der Waals surface area contributed by atoms with Gasteiger partial charge in [0.15, 0.2) is 0 Å². The lowest BCUT2D eigenvalue weighted by molar-refractivity contribution is 0.380. The van der Waals surface area contributed by atoms with E-state index in [-0.39, 0.29) is 5.92 Å². The number of rotatable bonds is 2. The first-order valence-electron chi connectivity index (χ1n) is 12.5. The summed E-state index contributed by atoms with van der Waals surface area (Å²) in [5.41, 5.74) is 14.2. The molecule has 4 aromatic carbocycles. The summed E-state index contributed by atoms with van der Waals surface area (Å²) >= 11 is 0. The maximum absolute atomic E-state index is 10.3. The average Bonchev–Trinajstić information content (AvgIpc) is 3.42. The lowest BCUT2D eigenvalue weighted by Gasteiger charge is -2.31. The molecule has 1 aliphatic rings. The van der Waals surface area contributed by atoms with Gasteiger partial charge < -0.3 is 14.7 Å². The van der Waals surface area contributed by atoms with Crippen molar-refractivity contribution in [1.29, 1.82) is 5.26 Å². The Bertz CT molecular complexity index is 1800. The highest BCUT2D eigenvalue weighted by Crippen LogP contribution is 2.45. The fourth-order valence-corrected chi connectivity index (χ4v) is 6.27. The molecular weight excluding hydrogens is 442 g/mol. The molecule has 7 rings (SSSR count). The number of nitrogen functional groups attached to an aromatic ring is 1. The van der Waals surface area contributed by atoms with E-state index in [0.29, 0.717) is 5.92 Å². The van der Waals surface area contributed by atoms with Gasteiger partial charge in [0.1, 0.15) is 11.3 Å². The Morgan fingerprint density at radius 2 is 1.58 bits per heavy atom. The minimum Gasteiger partial charge on any atom is -0.461 e. The third kappa shape index (κ3) is 2.93. The molecule has 2 unspecified atom stereocenters. The van der Waals surface area contributed by atoms with Gasteiger partial charge in [-0.15, -0.1) is 0 Å². The summed E-state index contributed by atoms with van der Waals surface area (Å²) in [5.74, 6) is 1.54. The monoisotopic (exact) mass is 467 g/mol. The van der Waals surface area contributed by atoms with Gasteiger partial charge in [0.05, 0.1) is 28.4 Å². The molecule has 0 radical (unpaired) electrons. The topological polar surface area (TPSA) is 67.9 Å². The van der Waals surface area contributed by atoms with Gasteiger partial charge in [-0.3, -0.25) is 0 Å². The van der Waals surface area contributed by atoms with E-state index in [1.54, 1.807) is 0 Å². The molecule has 0 saturated heterocycles. The molecule has 0 fully saturated rings. The van der Waals surface area contributed by atoms with Crippen LogP contribution in [0.5, 0.6) is 0 Å². The fourth-order valence-electron chi connectivity index (χ4n) is 6.27. The van der Waals surface area contributed by atoms with Crippen LogP contribution in [0, 0.1) is 17.2 Å². The van der Waals surface area contributed by atoms with Crippen LogP contribution in [0.2, 0.25) is 0 Å². The lowest BCUT2D eigenvalue weighted by atomic mass is 9.73. The molecule has 0 spiro atoms. The number of benzene rings is 4. The van der Waals surface area contributed by atoms with Crippen molar-refractivity contribution in [3.63, 3.8) is 0 Å². The fraction of sp³-hybridized carbons (Fsp3) is 0.156. The van der Waals surface area contributed by atoms with E-state index in [2.05, 4.69) is 72.2 Å². The number of nitriles is 1. The molecule has 0 aliphatic heterocycles. The van der Waals surface area contributed by atoms with Crippen molar-refractivity contribution in [2.75, 3.05) is 5.73 Å². The summed E-state index contributed by atoms with van der Waals surface area (Å²) in [6.45, 7) is 2.28. The van der Waals surface area contributed by atoms with Gasteiger partial charge in [-0.1, -0.05) is 49.4 Å². The van der Waals surface area contributed by atoms with Crippen molar-refractivity contribution >= 4 is 38.5 Å². The Hall–Kier alpha value is -4.49. The highest BCUT2D eigenvalue weighted by atomic mass is 16.3. The van der Waals surface area contributed by atoms with Crippen LogP contribution in [0.3, 0.4) is 0 Å². The van der Waals surface area contributed by atoms with Crippen LogP contribution in [-0.2, 0) is 12.8 Å². The van der Waals surface area contributed by atoms with Gasteiger partial charge in [-0.05, 0) is 66.3 Å². The van der Waals surface area contributed by atoms with Crippen molar-refractivity contribution < 1.29 is 4.42 Å². The number of aromatic nitrogens is 1. The zero-order valence-corrected chi connectivity index (χ0v) is 20.0. The van der Waals surface area contributed by atoms with E-state index in [1.165, 1.54) is 16.3 Å². The first kappa shape index (κ1) is 20.8. The maximum Gasteiger partial charge on any atom is 0.134 e. The van der Waals surface area contributed by atoms with Gasteiger partial charge in [0.2, 0.25) is 0 Å². The third-order valence-corrected chi connectivity index (χ3v) is 7.91. The van der Waals surface area contributed by atoms with E-state index in [1.807, 2.05) is 30.3 Å². The molecule has 2 heterocycles. The molecule has 36 heavy (non-hydrogen) atoms. The van der Waals surface area contributed by atoms with Gasteiger partial charge >= 0.3 is 0 Å². The van der Waals surface area contributed by atoms with Crippen molar-refractivity contribution in [3.05, 3.63) is 107 Å². The highest BCUT2D eigenvalue weighted by molar-refractivity contribution is 6.09. The van der Waals surface area contributed by atoms with Crippen LogP contribution in [-0.4, -0.2) is 4.57 Å². The highest BCUT2D eigenvalue weighted by Gasteiger charge is 2.34. The van der Waals surface area contributed by atoms with Crippen molar-refractivity contribution in [3.8, 4) is 11.8 Å². The summed E-state index contributed by atoms with van der Waals surface area (Å²) in [6, 6.07) is 31.6. The molecule has 0 amide bonds. The molecule has 2 N–H and O–H groups in total. The van der Waals surface area contributed by atoms with Crippen LogP contribution < -0.4 is 5.73 Å². The Morgan fingerprint density at radius 3 is 2.31 bits per heavy atom. The van der Waals surface area contributed by atoms with Crippen LogP contribution in [0.25, 0.3) is 38.5 Å². The van der Waals surface area contributed by atoms with E-state index in [4.69, 9.17) is 10.2 Å². The summed E-state index contributed by atoms with van der Waals surface area (Å²) in [7, 11) is 0. The lowest BCUT2D eigenvalue weighted by Crippen LogP contribution is -2.23. The second-order valence-corrected chi connectivity index (χ2v) is 9.97.